The summed E-state index contributed by atoms with van der Waals surface area (Å²) < 4.78 is 0. The summed E-state index contributed by atoms with van der Waals surface area (Å²) in [6.45, 7) is 1.68. The SMILES string of the molecule is CC(O)C(NC(=O)N(C)Cc1ccccc1)C(=O)O. The van der Waals surface area contributed by atoms with Crippen LogP contribution in [0.15, 0.2) is 30.3 Å². The highest BCUT2D eigenvalue weighted by Crippen LogP contribution is 2.03. The quantitative estimate of drug-likeness (QED) is 0.730. The molecule has 1 aromatic rings. The number of urea groups is 1. The first-order valence-corrected chi connectivity index (χ1v) is 5.88. The Labute approximate surface area is 111 Å². The van der Waals surface area contributed by atoms with E-state index in [1.807, 2.05) is 30.3 Å². The molecule has 2 atom stereocenters. The van der Waals surface area contributed by atoms with Crippen LogP contribution < -0.4 is 5.32 Å². The maximum Gasteiger partial charge on any atom is 0.328 e. The Kier molecular flexibility index (Phi) is 5.32. The molecule has 0 aliphatic rings. The van der Waals surface area contributed by atoms with Gasteiger partial charge in [0.2, 0.25) is 0 Å². The maximum atomic E-state index is 11.8. The summed E-state index contributed by atoms with van der Waals surface area (Å²) in [5, 5.41) is 20.4. The van der Waals surface area contributed by atoms with Crippen molar-refractivity contribution in [3.63, 3.8) is 0 Å². The number of hydrogen-bond acceptors (Lipinski definition) is 3. The summed E-state index contributed by atoms with van der Waals surface area (Å²) in [5.41, 5.74) is 0.934. The zero-order valence-electron chi connectivity index (χ0n) is 10.9. The Morgan fingerprint density at radius 3 is 2.37 bits per heavy atom. The molecular weight excluding hydrogens is 248 g/mol. The average Bonchev–Trinajstić information content (AvgIpc) is 2.35. The van der Waals surface area contributed by atoms with Crippen LogP contribution in [0, 0.1) is 0 Å². The van der Waals surface area contributed by atoms with E-state index in [0.29, 0.717) is 6.54 Å². The van der Waals surface area contributed by atoms with Gasteiger partial charge in [0, 0.05) is 13.6 Å². The second-order valence-corrected chi connectivity index (χ2v) is 4.35. The third-order valence-electron chi connectivity index (χ3n) is 2.64. The van der Waals surface area contributed by atoms with E-state index < -0.39 is 24.1 Å². The van der Waals surface area contributed by atoms with Gasteiger partial charge in [0.05, 0.1) is 6.10 Å². The minimum absolute atomic E-state index is 0.360. The van der Waals surface area contributed by atoms with Crippen molar-refractivity contribution in [1.82, 2.24) is 10.2 Å². The van der Waals surface area contributed by atoms with E-state index in [9.17, 15) is 14.7 Å². The topological polar surface area (TPSA) is 89.9 Å². The fraction of sp³-hybridized carbons (Fsp3) is 0.385. The minimum Gasteiger partial charge on any atom is -0.480 e. The van der Waals surface area contributed by atoms with Crippen molar-refractivity contribution in [2.75, 3.05) is 7.05 Å². The lowest BCUT2D eigenvalue weighted by atomic mass is 10.2. The Hall–Kier alpha value is -2.08. The van der Waals surface area contributed by atoms with Crippen LogP contribution in [0.5, 0.6) is 0 Å². The van der Waals surface area contributed by atoms with E-state index in [0.717, 1.165) is 5.56 Å². The number of aliphatic hydroxyl groups is 1. The van der Waals surface area contributed by atoms with Crippen LogP contribution in [-0.4, -0.2) is 46.3 Å². The zero-order valence-corrected chi connectivity index (χ0v) is 10.9. The summed E-state index contributed by atoms with van der Waals surface area (Å²) in [6, 6.07) is 7.47. The van der Waals surface area contributed by atoms with Crippen molar-refractivity contribution in [2.45, 2.75) is 25.6 Å². The lowest BCUT2D eigenvalue weighted by molar-refractivity contribution is -0.141. The number of nitrogens with zero attached hydrogens (tertiary/aromatic N) is 1. The van der Waals surface area contributed by atoms with Gasteiger partial charge in [-0.2, -0.15) is 0 Å². The highest BCUT2D eigenvalue weighted by Gasteiger charge is 2.26. The van der Waals surface area contributed by atoms with Gasteiger partial charge in [0.1, 0.15) is 0 Å². The first kappa shape index (κ1) is 15.0. The summed E-state index contributed by atoms with van der Waals surface area (Å²) in [5.74, 6) is -1.27. The number of rotatable bonds is 5. The molecule has 3 N–H and O–H groups in total. The highest BCUT2D eigenvalue weighted by molar-refractivity contribution is 5.82. The number of carboxylic acids is 1. The van der Waals surface area contributed by atoms with E-state index >= 15 is 0 Å². The summed E-state index contributed by atoms with van der Waals surface area (Å²) in [4.78, 5) is 24.0. The molecule has 0 radical (unpaired) electrons. The highest BCUT2D eigenvalue weighted by atomic mass is 16.4. The minimum atomic E-state index is -1.31. The molecule has 2 amide bonds. The van der Waals surface area contributed by atoms with Gasteiger partial charge in [-0.05, 0) is 12.5 Å². The monoisotopic (exact) mass is 266 g/mol. The van der Waals surface area contributed by atoms with Crippen molar-refractivity contribution < 1.29 is 19.8 Å². The van der Waals surface area contributed by atoms with E-state index in [2.05, 4.69) is 5.32 Å². The molecular formula is C13H18N2O4. The maximum absolute atomic E-state index is 11.8. The fourth-order valence-corrected chi connectivity index (χ4v) is 1.56. The number of nitrogens with one attached hydrogen (secondary N) is 1. The van der Waals surface area contributed by atoms with Crippen molar-refractivity contribution in [3.8, 4) is 0 Å². The van der Waals surface area contributed by atoms with Gasteiger partial charge in [-0.1, -0.05) is 30.3 Å². The van der Waals surface area contributed by atoms with Gasteiger partial charge in [0.25, 0.3) is 0 Å². The van der Waals surface area contributed by atoms with E-state index in [-0.39, 0.29) is 0 Å². The van der Waals surface area contributed by atoms with Gasteiger partial charge < -0.3 is 20.4 Å². The van der Waals surface area contributed by atoms with Crippen LogP contribution in [0.3, 0.4) is 0 Å². The summed E-state index contributed by atoms with van der Waals surface area (Å²) >= 11 is 0. The Balaban J connectivity index is 2.60. The van der Waals surface area contributed by atoms with Crippen molar-refractivity contribution in [3.05, 3.63) is 35.9 Å². The van der Waals surface area contributed by atoms with Crippen LogP contribution in [0.4, 0.5) is 4.79 Å². The molecule has 104 valence electrons. The standard InChI is InChI=1S/C13H18N2O4/c1-9(16)11(12(17)18)14-13(19)15(2)8-10-6-4-3-5-7-10/h3-7,9,11,16H,8H2,1-2H3,(H,14,19)(H,17,18). The molecule has 0 aromatic heterocycles. The number of aliphatic carboxylic acids is 1. The van der Waals surface area contributed by atoms with Gasteiger partial charge in [-0.3, -0.25) is 0 Å². The van der Waals surface area contributed by atoms with E-state index in [1.165, 1.54) is 11.8 Å². The molecule has 6 heteroatoms. The molecule has 1 rings (SSSR count). The predicted octanol–water partition coefficient (Wildman–Crippen LogP) is 0.662. The molecule has 0 aliphatic carbocycles. The normalized spacial score (nSPS) is 13.4. The second kappa shape index (κ2) is 6.75. The molecule has 0 bridgehead atoms. The molecule has 0 saturated heterocycles. The first-order chi connectivity index (χ1) is 8.91. The predicted molar refractivity (Wildman–Crippen MR) is 69.5 cm³/mol. The molecule has 6 nitrogen and oxygen atoms in total. The molecule has 0 saturated carbocycles. The molecule has 1 aromatic carbocycles. The Bertz CT molecular complexity index is 434. The number of amides is 2. The number of carbonyl (C=O) groups excluding carboxylic acids is 1. The Morgan fingerprint density at radius 2 is 1.89 bits per heavy atom. The molecule has 0 heterocycles. The smallest absolute Gasteiger partial charge is 0.328 e. The van der Waals surface area contributed by atoms with Crippen molar-refractivity contribution in [1.29, 1.82) is 0 Å². The van der Waals surface area contributed by atoms with Gasteiger partial charge >= 0.3 is 12.0 Å². The number of benzene rings is 1. The molecule has 0 aliphatic heterocycles. The number of hydrogen-bond donors (Lipinski definition) is 3. The third kappa shape index (κ3) is 4.59. The van der Waals surface area contributed by atoms with Crippen LogP contribution in [0.25, 0.3) is 0 Å². The average molecular weight is 266 g/mol. The van der Waals surface area contributed by atoms with Crippen LogP contribution in [0.1, 0.15) is 12.5 Å². The van der Waals surface area contributed by atoms with Crippen LogP contribution in [-0.2, 0) is 11.3 Å². The number of aliphatic hydroxyl groups excluding tert-OH is 1. The van der Waals surface area contributed by atoms with Crippen LogP contribution >= 0.6 is 0 Å². The lowest BCUT2D eigenvalue weighted by Crippen LogP contribution is -2.51. The second-order valence-electron chi connectivity index (χ2n) is 4.35. The molecule has 0 spiro atoms. The Morgan fingerprint density at radius 1 is 1.32 bits per heavy atom. The lowest BCUT2D eigenvalue weighted by Gasteiger charge is -2.22. The number of carboxylic acid groups (broad SMARTS) is 1. The van der Waals surface area contributed by atoms with E-state index in [4.69, 9.17) is 5.11 Å². The fourth-order valence-electron chi connectivity index (χ4n) is 1.56. The largest absolute Gasteiger partial charge is 0.480 e. The molecule has 0 fully saturated rings. The first-order valence-electron chi connectivity index (χ1n) is 5.88. The van der Waals surface area contributed by atoms with Crippen molar-refractivity contribution in [2.24, 2.45) is 0 Å². The van der Waals surface area contributed by atoms with Crippen LogP contribution in [0.2, 0.25) is 0 Å². The van der Waals surface area contributed by atoms with Gasteiger partial charge in [-0.15, -0.1) is 0 Å². The van der Waals surface area contributed by atoms with Crippen molar-refractivity contribution >= 4 is 12.0 Å². The number of carbonyl (C=O) groups is 2. The van der Waals surface area contributed by atoms with E-state index in [1.54, 1.807) is 7.05 Å². The summed E-state index contributed by atoms with van der Waals surface area (Å²) in [7, 11) is 1.56. The molecule has 2 unspecified atom stereocenters. The zero-order chi connectivity index (χ0) is 14.4. The molecule has 19 heavy (non-hydrogen) atoms. The van der Waals surface area contributed by atoms with Gasteiger partial charge in [-0.25, -0.2) is 9.59 Å². The van der Waals surface area contributed by atoms with Gasteiger partial charge in [0.15, 0.2) is 6.04 Å². The summed E-state index contributed by atoms with van der Waals surface area (Å²) in [6.07, 6.45) is -1.16. The third-order valence-corrected chi connectivity index (χ3v) is 2.64.